The Morgan fingerprint density at radius 3 is 1.93 bits per heavy atom. The van der Waals surface area contributed by atoms with Crippen LogP contribution < -0.4 is 0 Å². The molecule has 0 aliphatic heterocycles. The van der Waals surface area contributed by atoms with Crippen LogP contribution in [-0.2, 0) is 21.7 Å². The average Bonchev–Trinajstić information content (AvgIpc) is 2.12. The van der Waals surface area contributed by atoms with E-state index in [-0.39, 0.29) is 66.4 Å². The van der Waals surface area contributed by atoms with Gasteiger partial charge in [0.25, 0.3) is 0 Å². The fraction of sp³-hybridized carbons (Fsp3) is 0.500. The molecule has 0 saturated heterocycles. The normalized spacial score (nSPS) is 11.8. The van der Waals surface area contributed by atoms with Crippen molar-refractivity contribution in [1.29, 1.82) is 0 Å². The Kier molecular flexibility index (Phi) is 26.6. The second kappa shape index (κ2) is 13.3. The van der Waals surface area contributed by atoms with Gasteiger partial charge in [0.05, 0.1) is 0 Å². The van der Waals surface area contributed by atoms with Crippen molar-refractivity contribution < 1.29 is 21.7 Å². The SMILES string of the molecule is C[Si](C)(C)CC1=[C-]CC=C1.Cl.Cl.Cl.[CH3-].[Ti+2]. The van der Waals surface area contributed by atoms with Crippen molar-refractivity contribution in [1.82, 2.24) is 0 Å². The van der Waals surface area contributed by atoms with Crippen LogP contribution in [0.4, 0.5) is 0 Å². The molecule has 0 aromatic heterocycles. The van der Waals surface area contributed by atoms with E-state index in [9.17, 15) is 0 Å². The van der Waals surface area contributed by atoms with E-state index in [1.54, 1.807) is 0 Å². The van der Waals surface area contributed by atoms with E-state index in [4.69, 9.17) is 0 Å². The smallest absolute Gasteiger partial charge is 0.358 e. The van der Waals surface area contributed by atoms with Crippen molar-refractivity contribution in [2.24, 2.45) is 0 Å². The Hall–Kier alpha value is 1.28. The number of halogens is 3. The quantitative estimate of drug-likeness (QED) is 0.509. The van der Waals surface area contributed by atoms with E-state index in [0.29, 0.717) is 0 Å². The van der Waals surface area contributed by atoms with E-state index in [1.165, 1.54) is 11.6 Å². The summed E-state index contributed by atoms with van der Waals surface area (Å²) in [6, 6.07) is 1.30. The Balaban J connectivity index is -0.0000000667. The molecular formula is C10H21Cl3SiTi. The van der Waals surface area contributed by atoms with Crippen LogP contribution in [0, 0.1) is 13.5 Å². The van der Waals surface area contributed by atoms with Gasteiger partial charge in [-0.3, -0.25) is 6.08 Å². The van der Waals surface area contributed by atoms with Crippen molar-refractivity contribution in [2.75, 3.05) is 0 Å². The van der Waals surface area contributed by atoms with Gasteiger partial charge in [-0.25, -0.2) is 11.6 Å². The molecule has 0 fully saturated rings. The second-order valence-corrected chi connectivity index (χ2v) is 9.52. The molecule has 0 aromatic carbocycles. The van der Waals surface area contributed by atoms with E-state index >= 15 is 0 Å². The molecule has 90 valence electrons. The van der Waals surface area contributed by atoms with Crippen LogP contribution in [-0.4, -0.2) is 8.07 Å². The van der Waals surface area contributed by atoms with Crippen LogP contribution in [0.5, 0.6) is 0 Å². The van der Waals surface area contributed by atoms with Gasteiger partial charge in [0.15, 0.2) is 0 Å². The van der Waals surface area contributed by atoms with Gasteiger partial charge in [-0.1, -0.05) is 25.7 Å². The molecule has 0 heterocycles. The number of rotatable bonds is 2. The van der Waals surface area contributed by atoms with Crippen LogP contribution in [0.25, 0.3) is 0 Å². The van der Waals surface area contributed by atoms with Gasteiger partial charge in [-0.15, -0.1) is 43.6 Å². The van der Waals surface area contributed by atoms with E-state index in [1.807, 2.05) is 0 Å². The molecule has 0 N–H and O–H groups in total. The summed E-state index contributed by atoms with van der Waals surface area (Å²) in [5.74, 6) is 0. The van der Waals surface area contributed by atoms with Crippen molar-refractivity contribution in [3.05, 3.63) is 31.2 Å². The average molecular weight is 324 g/mol. The third kappa shape index (κ3) is 15.3. The zero-order valence-corrected chi connectivity index (χ0v) is 14.8. The zero-order valence-electron chi connectivity index (χ0n) is 9.79. The van der Waals surface area contributed by atoms with Gasteiger partial charge in [0, 0.05) is 8.07 Å². The van der Waals surface area contributed by atoms with Crippen molar-refractivity contribution >= 4 is 45.3 Å². The summed E-state index contributed by atoms with van der Waals surface area (Å²) in [6.45, 7) is 7.19. The molecule has 5 heteroatoms. The van der Waals surface area contributed by atoms with Gasteiger partial charge in [-0.05, 0) is 0 Å². The fourth-order valence-corrected chi connectivity index (χ4v) is 2.53. The minimum Gasteiger partial charge on any atom is -0.358 e. The molecule has 0 atom stereocenters. The van der Waals surface area contributed by atoms with Gasteiger partial charge >= 0.3 is 21.7 Å². The number of allylic oxidation sites excluding steroid dienone is 4. The van der Waals surface area contributed by atoms with Crippen LogP contribution in [0.2, 0.25) is 25.7 Å². The molecule has 1 aliphatic rings. The van der Waals surface area contributed by atoms with Crippen LogP contribution >= 0.6 is 37.2 Å². The summed E-state index contributed by atoms with van der Waals surface area (Å²) in [4.78, 5) is 0. The first-order valence-electron chi connectivity index (χ1n) is 3.84. The minimum absolute atomic E-state index is 0. The summed E-state index contributed by atoms with van der Waals surface area (Å²) in [7, 11) is -0.873. The molecule has 0 unspecified atom stereocenters. The van der Waals surface area contributed by atoms with E-state index in [2.05, 4.69) is 37.9 Å². The predicted molar refractivity (Wildman–Crippen MR) is 76.8 cm³/mol. The van der Waals surface area contributed by atoms with Crippen molar-refractivity contribution in [3.63, 3.8) is 0 Å². The molecule has 0 radical (unpaired) electrons. The Labute approximate surface area is 129 Å². The first-order chi connectivity index (χ1) is 4.58. The molecule has 0 amide bonds. The van der Waals surface area contributed by atoms with Crippen LogP contribution in [0.3, 0.4) is 0 Å². The molecule has 15 heavy (non-hydrogen) atoms. The molecule has 0 nitrogen and oxygen atoms in total. The van der Waals surface area contributed by atoms with Crippen molar-refractivity contribution in [2.45, 2.75) is 32.1 Å². The molecule has 0 saturated carbocycles. The molecule has 0 aromatic rings. The first kappa shape index (κ1) is 29.9. The summed E-state index contributed by atoms with van der Waals surface area (Å²) in [6.07, 6.45) is 8.81. The third-order valence-corrected chi connectivity index (χ3v) is 2.93. The maximum atomic E-state index is 3.35. The molecule has 0 bridgehead atoms. The summed E-state index contributed by atoms with van der Waals surface area (Å²) >= 11 is 0. The fourth-order valence-electron chi connectivity index (χ4n) is 1.14. The zero-order chi connectivity index (χ0) is 7.61. The molecular weight excluding hydrogens is 302 g/mol. The Bertz CT molecular complexity index is 186. The van der Waals surface area contributed by atoms with Crippen molar-refractivity contribution in [3.8, 4) is 0 Å². The first-order valence-corrected chi connectivity index (χ1v) is 7.55. The number of hydrogen-bond acceptors (Lipinski definition) is 0. The predicted octanol–water partition coefficient (Wildman–Crippen LogP) is 4.73. The maximum absolute atomic E-state index is 3.35. The largest absolute Gasteiger partial charge is 2.00 e. The third-order valence-electron chi connectivity index (χ3n) is 1.49. The van der Waals surface area contributed by atoms with E-state index in [0.717, 1.165) is 6.42 Å². The molecule has 1 aliphatic carbocycles. The number of hydrogen-bond donors (Lipinski definition) is 0. The second-order valence-electron chi connectivity index (χ2n) is 4.05. The molecule has 0 spiro atoms. The van der Waals surface area contributed by atoms with Crippen LogP contribution in [0.1, 0.15) is 6.42 Å². The minimum atomic E-state index is -0.873. The van der Waals surface area contributed by atoms with Gasteiger partial charge in [0.1, 0.15) is 0 Å². The van der Waals surface area contributed by atoms with Crippen LogP contribution in [0.15, 0.2) is 17.7 Å². The summed E-state index contributed by atoms with van der Waals surface area (Å²) in [5.41, 5.74) is 1.44. The Morgan fingerprint density at radius 1 is 1.20 bits per heavy atom. The summed E-state index contributed by atoms with van der Waals surface area (Å²) < 4.78 is 0. The monoisotopic (exact) mass is 322 g/mol. The summed E-state index contributed by atoms with van der Waals surface area (Å²) in [5, 5.41) is 0. The van der Waals surface area contributed by atoms with E-state index < -0.39 is 8.07 Å². The Morgan fingerprint density at radius 2 is 1.67 bits per heavy atom. The topological polar surface area (TPSA) is 0 Å². The maximum Gasteiger partial charge on any atom is 2.00 e. The van der Waals surface area contributed by atoms with Gasteiger partial charge in [0.2, 0.25) is 0 Å². The van der Waals surface area contributed by atoms with Gasteiger partial charge < -0.3 is 7.43 Å². The standard InChI is InChI=1S/C9H15Si.CH3.3ClH.Ti/c1-10(2,3)8-9-6-4-5-7-9;;;;;/h4,6H,5,8H2,1-3H3;1H3;3*1H;/q2*-1;;;;+2. The molecule has 1 rings (SSSR count). The van der Waals surface area contributed by atoms with Gasteiger partial charge in [-0.2, -0.15) is 6.08 Å².